The number of para-hydroxylation sites is 1. The van der Waals surface area contributed by atoms with Crippen LogP contribution in [0.4, 0.5) is 10.5 Å². The van der Waals surface area contributed by atoms with E-state index in [0.29, 0.717) is 11.3 Å². The highest BCUT2D eigenvalue weighted by atomic mass is 16.6. The largest absolute Gasteiger partial charge is 0.450 e. The summed E-state index contributed by atoms with van der Waals surface area (Å²) in [7, 11) is 0. The minimum atomic E-state index is -1.80. The number of hydrogen-bond donors (Lipinski definition) is 1. The van der Waals surface area contributed by atoms with E-state index in [9.17, 15) is 19.7 Å². The van der Waals surface area contributed by atoms with Crippen molar-refractivity contribution in [2.45, 2.75) is 19.0 Å². The molecular weight excluding hydrogens is 350 g/mol. The molecule has 0 fully saturated rings. The number of hydrogen-bond acceptors (Lipinski definition) is 5. The highest BCUT2D eigenvalue weighted by Gasteiger charge is 2.56. The van der Waals surface area contributed by atoms with Crippen LogP contribution in [0, 0.1) is 10.1 Å². The standard InChI is InChI=1S/C19H19N3O5/c1-2-27-18(24)20-19(13-22(25)26)15-10-6-7-11-16(15)21(17(19)23)12-14-8-4-3-5-9-14/h3-11H,2,12-13H2,1H3,(H,20,24). The smallest absolute Gasteiger partial charge is 0.408 e. The van der Waals surface area contributed by atoms with Gasteiger partial charge in [-0.05, 0) is 18.6 Å². The topological polar surface area (TPSA) is 102 Å². The third kappa shape index (κ3) is 3.46. The van der Waals surface area contributed by atoms with E-state index in [1.165, 1.54) is 4.90 Å². The van der Waals surface area contributed by atoms with Gasteiger partial charge in [0.25, 0.3) is 5.91 Å². The Labute approximate surface area is 155 Å². The third-order valence-electron chi connectivity index (χ3n) is 4.41. The summed E-state index contributed by atoms with van der Waals surface area (Å²) in [4.78, 5) is 37.6. The molecule has 140 valence electrons. The van der Waals surface area contributed by atoms with Crippen LogP contribution in [0.3, 0.4) is 0 Å². The van der Waals surface area contributed by atoms with E-state index in [1.807, 2.05) is 30.3 Å². The zero-order valence-electron chi connectivity index (χ0n) is 14.8. The molecule has 1 aliphatic rings. The van der Waals surface area contributed by atoms with Crippen LogP contribution in [0.1, 0.15) is 18.1 Å². The molecular formula is C19H19N3O5. The number of nitrogens with zero attached hydrogens (tertiary/aromatic N) is 2. The molecule has 8 nitrogen and oxygen atoms in total. The number of carbonyl (C=O) groups is 2. The number of benzene rings is 2. The fraction of sp³-hybridized carbons (Fsp3) is 0.263. The molecule has 0 saturated carbocycles. The number of fused-ring (bicyclic) bond motifs is 1. The molecule has 1 N–H and O–H groups in total. The molecule has 0 saturated heterocycles. The summed E-state index contributed by atoms with van der Waals surface area (Å²) >= 11 is 0. The highest BCUT2D eigenvalue weighted by Crippen LogP contribution is 2.41. The van der Waals surface area contributed by atoms with Gasteiger partial charge in [0, 0.05) is 10.5 Å². The molecule has 1 unspecified atom stereocenters. The maximum absolute atomic E-state index is 13.3. The summed E-state index contributed by atoms with van der Waals surface area (Å²) in [5, 5.41) is 13.8. The predicted octanol–water partition coefficient (Wildman–Crippen LogP) is 2.45. The van der Waals surface area contributed by atoms with Gasteiger partial charge in [0.2, 0.25) is 12.1 Å². The predicted molar refractivity (Wildman–Crippen MR) is 97.8 cm³/mol. The van der Waals surface area contributed by atoms with Crippen molar-refractivity contribution in [3.05, 3.63) is 75.8 Å². The number of amides is 2. The van der Waals surface area contributed by atoms with Crippen molar-refractivity contribution < 1.29 is 19.2 Å². The monoisotopic (exact) mass is 369 g/mol. The zero-order chi connectivity index (χ0) is 19.4. The first kappa shape index (κ1) is 18.4. The Kier molecular flexibility index (Phi) is 5.07. The summed E-state index contributed by atoms with van der Waals surface area (Å²) in [5.74, 6) is -0.558. The minimum absolute atomic E-state index is 0.0872. The van der Waals surface area contributed by atoms with Gasteiger partial charge in [-0.1, -0.05) is 48.5 Å². The first-order valence-electron chi connectivity index (χ1n) is 8.50. The van der Waals surface area contributed by atoms with Crippen LogP contribution in [0.15, 0.2) is 54.6 Å². The van der Waals surface area contributed by atoms with Gasteiger partial charge < -0.3 is 9.64 Å². The lowest BCUT2D eigenvalue weighted by molar-refractivity contribution is -0.488. The number of alkyl carbamates (subject to hydrolysis) is 1. The van der Waals surface area contributed by atoms with Gasteiger partial charge in [-0.2, -0.15) is 0 Å². The van der Waals surface area contributed by atoms with Crippen molar-refractivity contribution in [1.82, 2.24) is 5.32 Å². The number of rotatable bonds is 6. The second-order valence-corrected chi connectivity index (χ2v) is 6.14. The Balaban J connectivity index is 2.06. The molecule has 27 heavy (non-hydrogen) atoms. The van der Waals surface area contributed by atoms with Gasteiger partial charge in [0.15, 0.2) is 0 Å². The quantitative estimate of drug-likeness (QED) is 0.622. The number of nitrogens with one attached hydrogen (secondary N) is 1. The Morgan fingerprint density at radius 3 is 2.52 bits per heavy atom. The molecule has 1 heterocycles. The van der Waals surface area contributed by atoms with Gasteiger partial charge in [0.05, 0.1) is 18.8 Å². The molecule has 1 aliphatic heterocycles. The van der Waals surface area contributed by atoms with E-state index in [-0.39, 0.29) is 13.2 Å². The van der Waals surface area contributed by atoms with E-state index in [2.05, 4.69) is 5.32 Å². The average molecular weight is 369 g/mol. The molecule has 2 aromatic carbocycles. The van der Waals surface area contributed by atoms with E-state index < -0.39 is 29.0 Å². The Hall–Kier alpha value is -3.42. The minimum Gasteiger partial charge on any atom is -0.450 e. The molecule has 0 aliphatic carbocycles. The lowest BCUT2D eigenvalue weighted by Gasteiger charge is -2.25. The number of anilines is 1. The second kappa shape index (κ2) is 7.45. The van der Waals surface area contributed by atoms with Crippen LogP contribution in [0.5, 0.6) is 0 Å². The molecule has 0 radical (unpaired) electrons. The van der Waals surface area contributed by atoms with Crippen LogP contribution < -0.4 is 10.2 Å². The third-order valence-corrected chi connectivity index (χ3v) is 4.41. The van der Waals surface area contributed by atoms with Crippen LogP contribution in [-0.2, 0) is 21.6 Å². The van der Waals surface area contributed by atoms with Gasteiger partial charge in [-0.25, -0.2) is 4.79 Å². The molecule has 0 bridgehead atoms. The number of ether oxygens (including phenoxy) is 1. The fourth-order valence-electron chi connectivity index (χ4n) is 3.30. The first-order chi connectivity index (χ1) is 13.0. The van der Waals surface area contributed by atoms with Crippen molar-refractivity contribution in [3.63, 3.8) is 0 Å². The second-order valence-electron chi connectivity index (χ2n) is 6.14. The Bertz CT molecular complexity index is 871. The average Bonchev–Trinajstić information content (AvgIpc) is 2.85. The molecule has 1 atom stereocenters. The summed E-state index contributed by atoms with van der Waals surface area (Å²) in [6.07, 6.45) is -0.871. The highest BCUT2D eigenvalue weighted by molar-refractivity contribution is 6.09. The zero-order valence-corrected chi connectivity index (χ0v) is 14.8. The molecule has 3 rings (SSSR count). The van der Waals surface area contributed by atoms with Gasteiger partial charge in [-0.3, -0.25) is 20.2 Å². The molecule has 8 heteroatoms. The van der Waals surface area contributed by atoms with Crippen LogP contribution >= 0.6 is 0 Å². The number of nitro groups is 1. The molecule has 2 amide bonds. The van der Waals surface area contributed by atoms with Crippen LogP contribution in [-0.4, -0.2) is 30.1 Å². The van der Waals surface area contributed by atoms with E-state index in [0.717, 1.165) is 5.56 Å². The summed E-state index contributed by atoms with van der Waals surface area (Å²) in [5.41, 5.74) is -0.0180. The van der Waals surface area contributed by atoms with Crippen LogP contribution in [0.2, 0.25) is 0 Å². The van der Waals surface area contributed by atoms with Crippen molar-refractivity contribution in [1.29, 1.82) is 0 Å². The first-order valence-corrected chi connectivity index (χ1v) is 8.50. The van der Waals surface area contributed by atoms with Gasteiger partial charge in [-0.15, -0.1) is 0 Å². The maximum atomic E-state index is 13.3. The van der Waals surface area contributed by atoms with Crippen molar-refractivity contribution in [2.24, 2.45) is 0 Å². The summed E-state index contributed by atoms with van der Waals surface area (Å²) in [6.45, 7) is 1.17. The molecule has 2 aromatic rings. The maximum Gasteiger partial charge on any atom is 0.408 e. The Morgan fingerprint density at radius 2 is 1.85 bits per heavy atom. The number of carbonyl (C=O) groups excluding carboxylic acids is 2. The SMILES string of the molecule is CCOC(=O)NC1(C[N+](=O)[O-])C(=O)N(Cc2ccccc2)c2ccccc21. The molecule has 0 aromatic heterocycles. The fourth-order valence-corrected chi connectivity index (χ4v) is 3.30. The van der Waals surface area contributed by atoms with Gasteiger partial charge in [0.1, 0.15) is 0 Å². The van der Waals surface area contributed by atoms with Crippen molar-refractivity contribution in [2.75, 3.05) is 18.1 Å². The van der Waals surface area contributed by atoms with E-state index in [1.54, 1.807) is 31.2 Å². The van der Waals surface area contributed by atoms with E-state index in [4.69, 9.17) is 4.74 Å². The lowest BCUT2D eigenvalue weighted by atomic mass is 9.91. The Morgan fingerprint density at radius 1 is 1.19 bits per heavy atom. The van der Waals surface area contributed by atoms with Crippen molar-refractivity contribution in [3.8, 4) is 0 Å². The van der Waals surface area contributed by atoms with Crippen LogP contribution in [0.25, 0.3) is 0 Å². The summed E-state index contributed by atoms with van der Waals surface area (Å²) in [6, 6.07) is 16.0. The van der Waals surface area contributed by atoms with E-state index >= 15 is 0 Å². The normalized spacial score (nSPS) is 18.1. The van der Waals surface area contributed by atoms with Gasteiger partial charge >= 0.3 is 6.09 Å². The van der Waals surface area contributed by atoms with Crippen molar-refractivity contribution >= 4 is 17.7 Å². The summed E-state index contributed by atoms with van der Waals surface area (Å²) < 4.78 is 4.88. The molecule has 0 spiro atoms. The lowest BCUT2D eigenvalue weighted by Crippen LogP contribution is -2.57.